The Kier molecular flexibility index (Phi) is 7.01. The second-order valence-electron chi connectivity index (χ2n) is 2.37. The molecule has 0 saturated carbocycles. The Balaban J connectivity index is 3.56. The molecule has 0 atom stereocenters. The van der Waals surface area contributed by atoms with E-state index in [2.05, 4.69) is 4.74 Å². The highest BCUT2D eigenvalue weighted by Gasteiger charge is 2.04. The predicted octanol–water partition coefficient (Wildman–Crippen LogP) is 1.12. The lowest BCUT2D eigenvalue weighted by atomic mass is 10.3. The quantitative estimate of drug-likeness (QED) is 0.271. The molecule has 0 aromatic rings. The molecule has 0 N–H and O–H groups in total. The molecule has 0 aromatic carbocycles. The molecule has 0 rings (SSSR count). The minimum Gasteiger partial charge on any atom is -0.504 e. The summed E-state index contributed by atoms with van der Waals surface area (Å²) in [5.41, 5.74) is 0.444. The van der Waals surface area contributed by atoms with E-state index in [1.54, 1.807) is 6.92 Å². The molecule has 0 aliphatic rings. The van der Waals surface area contributed by atoms with Gasteiger partial charge in [-0.2, -0.15) is 0 Å². The molecule has 0 amide bonds. The fourth-order valence-electron chi connectivity index (χ4n) is 0.676. The van der Waals surface area contributed by atoms with Crippen molar-refractivity contribution in [1.29, 1.82) is 0 Å². The molecule has 0 aliphatic carbocycles. The zero-order valence-electron chi connectivity index (χ0n) is 8.33. The van der Waals surface area contributed by atoms with Gasteiger partial charge in [0.1, 0.15) is 6.61 Å². The van der Waals surface area contributed by atoms with Crippen molar-refractivity contribution in [2.75, 3.05) is 26.9 Å². The summed E-state index contributed by atoms with van der Waals surface area (Å²) in [6.45, 7) is 4.86. The number of hydrogen-bond acceptors (Lipinski definition) is 4. The van der Waals surface area contributed by atoms with E-state index in [1.165, 1.54) is 13.4 Å². The summed E-state index contributed by atoms with van der Waals surface area (Å²) in [4.78, 5) is 11.1. The van der Waals surface area contributed by atoms with E-state index in [0.29, 0.717) is 18.8 Å². The predicted molar refractivity (Wildman–Crippen MR) is 48.2 cm³/mol. The zero-order chi connectivity index (χ0) is 10.1. The smallest absolute Gasteiger partial charge is 0.336 e. The Hall–Kier alpha value is -1.03. The van der Waals surface area contributed by atoms with Gasteiger partial charge in [0.2, 0.25) is 0 Å². The maximum atomic E-state index is 11.1. The topological polar surface area (TPSA) is 44.8 Å². The Bertz CT molecular complexity index is 174. The molecule has 0 fully saturated rings. The molecule has 0 radical (unpaired) electrons. The Morgan fingerprint density at radius 2 is 2.08 bits per heavy atom. The SMILES string of the molecule is CCOCCOC(=O)C(C)=COC. The van der Waals surface area contributed by atoms with Crippen LogP contribution in [0.15, 0.2) is 11.8 Å². The number of methoxy groups -OCH3 is 1. The summed E-state index contributed by atoms with van der Waals surface area (Å²) >= 11 is 0. The van der Waals surface area contributed by atoms with Crippen molar-refractivity contribution in [3.05, 3.63) is 11.8 Å². The van der Waals surface area contributed by atoms with Gasteiger partial charge in [0.05, 0.1) is 25.6 Å². The molecule has 0 aromatic heterocycles. The van der Waals surface area contributed by atoms with E-state index in [9.17, 15) is 4.79 Å². The lowest BCUT2D eigenvalue weighted by molar-refractivity contribution is -0.140. The van der Waals surface area contributed by atoms with Crippen molar-refractivity contribution in [1.82, 2.24) is 0 Å². The third-order valence-corrected chi connectivity index (χ3v) is 1.28. The van der Waals surface area contributed by atoms with Crippen molar-refractivity contribution in [2.24, 2.45) is 0 Å². The number of esters is 1. The van der Waals surface area contributed by atoms with Crippen molar-refractivity contribution < 1.29 is 19.0 Å². The summed E-state index contributed by atoms with van der Waals surface area (Å²) < 4.78 is 14.5. The fraction of sp³-hybridized carbons (Fsp3) is 0.667. The summed E-state index contributed by atoms with van der Waals surface area (Å²) in [6.07, 6.45) is 1.35. The molecule has 4 nitrogen and oxygen atoms in total. The van der Waals surface area contributed by atoms with Gasteiger partial charge >= 0.3 is 5.97 Å². The van der Waals surface area contributed by atoms with Crippen molar-refractivity contribution in [3.63, 3.8) is 0 Å². The van der Waals surface area contributed by atoms with E-state index < -0.39 is 0 Å². The monoisotopic (exact) mass is 188 g/mol. The average molecular weight is 188 g/mol. The summed E-state index contributed by atoms with van der Waals surface area (Å²) in [6, 6.07) is 0. The number of carbonyl (C=O) groups is 1. The summed E-state index contributed by atoms with van der Waals surface area (Å²) in [7, 11) is 1.48. The van der Waals surface area contributed by atoms with Gasteiger partial charge in [-0.05, 0) is 13.8 Å². The zero-order valence-corrected chi connectivity index (χ0v) is 8.33. The highest BCUT2D eigenvalue weighted by Crippen LogP contribution is 1.96. The largest absolute Gasteiger partial charge is 0.504 e. The maximum absolute atomic E-state index is 11.1. The van der Waals surface area contributed by atoms with Gasteiger partial charge in [0.25, 0.3) is 0 Å². The van der Waals surface area contributed by atoms with Crippen LogP contribution in [-0.4, -0.2) is 32.9 Å². The molecular formula is C9H16O4. The minimum atomic E-state index is -0.374. The van der Waals surface area contributed by atoms with Crippen LogP contribution >= 0.6 is 0 Å². The molecule has 0 aliphatic heterocycles. The second-order valence-corrected chi connectivity index (χ2v) is 2.37. The Morgan fingerprint density at radius 3 is 2.62 bits per heavy atom. The van der Waals surface area contributed by atoms with Crippen molar-refractivity contribution >= 4 is 5.97 Å². The van der Waals surface area contributed by atoms with Gasteiger partial charge in [-0.25, -0.2) is 4.79 Å². The first-order valence-corrected chi connectivity index (χ1v) is 4.16. The van der Waals surface area contributed by atoms with E-state index in [4.69, 9.17) is 9.47 Å². The van der Waals surface area contributed by atoms with Crippen LogP contribution in [0, 0.1) is 0 Å². The van der Waals surface area contributed by atoms with E-state index in [0.717, 1.165) is 0 Å². The molecule has 76 valence electrons. The number of rotatable bonds is 6. The number of ether oxygens (including phenoxy) is 3. The van der Waals surface area contributed by atoms with Crippen LogP contribution in [0.25, 0.3) is 0 Å². The van der Waals surface area contributed by atoms with Crippen LogP contribution in [0.5, 0.6) is 0 Å². The molecule has 0 unspecified atom stereocenters. The lowest BCUT2D eigenvalue weighted by Gasteiger charge is -2.04. The standard InChI is InChI=1S/C9H16O4/c1-4-12-5-6-13-9(10)8(2)7-11-3/h7H,4-6H2,1-3H3. The Morgan fingerprint density at radius 1 is 1.38 bits per heavy atom. The van der Waals surface area contributed by atoms with E-state index >= 15 is 0 Å². The van der Waals surface area contributed by atoms with Crippen LogP contribution < -0.4 is 0 Å². The van der Waals surface area contributed by atoms with Gasteiger partial charge in [-0.15, -0.1) is 0 Å². The van der Waals surface area contributed by atoms with Gasteiger partial charge in [0, 0.05) is 6.61 Å². The van der Waals surface area contributed by atoms with Crippen molar-refractivity contribution in [2.45, 2.75) is 13.8 Å². The van der Waals surface area contributed by atoms with Crippen LogP contribution in [0.4, 0.5) is 0 Å². The van der Waals surface area contributed by atoms with Gasteiger partial charge < -0.3 is 14.2 Å². The highest BCUT2D eigenvalue weighted by atomic mass is 16.6. The normalized spacial score (nSPS) is 11.2. The first-order valence-electron chi connectivity index (χ1n) is 4.16. The third-order valence-electron chi connectivity index (χ3n) is 1.28. The molecule has 4 heteroatoms. The third kappa shape index (κ3) is 6.16. The highest BCUT2D eigenvalue weighted by molar-refractivity contribution is 5.87. The van der Waals surface area contributed by atoms with E-state index in [1.807, 2.05) is 6.92 Å². The molecule has 0 bridgehead atoms. The summed E-state index contributed by atoms with van der Waals surface area (Å²) in [5.74, 6) is -0.374. The van der Waals surface area contributed by atoms with Gasteiger partial charge in [0.15, 0.2) is 0 Å². The average Bonchev–Trinajstić information content (AvgIpc) is 2.12. The van der Waals surface area contributed by atoms with Crippen LogP contribution in [0.2, 0.25) is 0 Å². The first-order chi connectivity index (χ1) is 6.22. The van der Waals surface area contributed by atoms with Crippen molar-refractivity contribution in [3.8, 4) is 0 Å². The summed E-state index contributed by atoms with van der Waals surface area (Å²) in [5, 5.41) is 0. The molecule has 13 heavy (non-hydrogen) atoms. The molecular weight excluding hydrogens is 172 g/mol. The van der Waals surface area contributed by atoms with Crippen LogP contribution in [-0.2, 0) is 19.0 Å². The first kappa shape index (κ1) is 12.0. The molecule has 0 heterocycles. The molecule has 0 spiro atoms. The van der Waals surface area contributed by atoms with Crippen LogP contribution in [0.1, 0.15) is 13.8 Å². The maximum Gasteiger partial charge on any atom is 0.336 e. The fourth-order valence-corrected chi connectivity index (χ4v) is 0.676. The lowest BCUT2D eigenvalue weighted by Crippen LogP contribution is -2.11. The minimum absolute atomic E-state index is 0.279. The second kappa shape index (κ2) is 7.61. The van der Waals surface area contributed by atoms with E-state index in [-0.39, 0.29) is 12.6 Å². The molecule has 0 saturated heterocycles. The van der Waals surface area contributed by atoms with Gasteiger partial charge in [-0.3, -0.25) is 0 Å². The Labute approximate surface area is 78.5 Å². The number of carbonyl (C=O) groups excluding carboxylic acids is 1. The number of hydrogen-bond donors (Lipinski definition) is 0. The van der Waals surface area contributed by atoms with Crippen LogP contribution in [0.3, 0.4) is 0 Å². The van der Waals surface area contributed by atoms with Gasteiger partial charge in [-0.1, -0.05) is 0 Å².